The first-order valence-corrected chi connectivity index (χ1v) is 10.5. The van der Waals surface area contributed by atoms with E-state index in [4.69, 9.17) is 14.2 Å². The zero-order valence-corrected chi connectivity index (χ0v) is 17.1. The van der Waals surface area contributed by atoms with Crippen molar-refractivity contribution >= 4 is 0 Å². The molecule has 2 aromatic rings. The van der Waals surface area contributed by atoms with Crippen LogP contribution in [-0.4, -0.2) is 31.9 Å². The average molecular weight is 410 g/mol. The Morgan fingerprint density at radius 1 is 0.967 bits per heavy atom. The van der Waals surface area contributed by atoms with Crippen LogP contribution in [0.4, 0.5) is 0 Å². The Hall–Kier alpha value is -2.80. The van der Waals surface area contributed by atoms with Crippen LogP contribution < -0.4 is 9.47 Å². The number of hydrogen-bond acceptors (Lipinski definition) is 7. The van der Waals surface area contributed by atoms with Crippen LogP contribution in [0.3, 0.4) is 0 Å². The minimum atomic E-state index is -0.365. The van der Waals surface area contributed by atoms with Gasteiger partial charge in [0.15, 0.2) is 11.5 Å². The van der Waals surface area contributed by atoms with Gasteiger partial charge in [-0.2, -0.15) is 9.81 Å². The third kappa shape index (κ3) is 4.51. The third-order valence-electron chi connectivity index (χ3n) is 5.79. The second-order valence-electron chi connectivity index (χ2n) is 7.83. The summed E-state index contributed by atoms with van der Waals surface area (Å²) in [6.45, 7) is 3.32. The minimum Gasteiger partial charge on any atom is -0.486 e. The minimum absolute atomic E-state index is 0.0413. The summed E-state index contributed by atoms with van der Waals surface area (Å²) < 4.78 is 17.4. The highest BCUT2D eigenvalue weighted by atomic mass is 16.6. The lowest BCUT2D eigenvalue weighted by molar-refractivity contribution is -0.0530. The Morgan fingerprint density at radius 3 is 2.57 bits per heavy atom. The van der Waals surface area contributed by atoms with E-state index in [9.17, 15) is 9.81 Å². The van der Waals surface area contributed by atoms with E-state index in [1.807, 2.05) is 12.1 Å². The normalized spacial score (nSPS) is 23.0. The largest absolute Gasteiger partial charge is 0.486 e. The van der Waals surface area contributed by atoms with Crippen molar-refractivity contribution in [1.29, 1.82) is 0 Å². The monoisotopic (exact) mass is 410 g/mol. The van der Waals surface area contributed by atoms with E-state index in [0.29, 0.717) is 26.1 Å². The molecule has 0 spiro atoms. The van der Waals surface area contributed by atoms with E-state index in [0.717, 1.165) is 35.5 Å². The molecule has 0 aliphatic carbocycles. The Labute approximate surface area is 175 Å². The highest BCUT2D eigenvalue weighted by molar-refractivity contribution is 5.46. The van der Waals surface area contributed by atoms with Crippen molar-refractivity contribution in [3.63, 3.8) is 0 Å². The van der Waals surface area contributed by atoms with Gasteiger partial charge in [0.2, 0.25) is 0 Å². The van der Waals surface area contributed by atoms with E-state index in [1.54, 1.807) is 0 Å². The van der Waals surface area contributed by atoms with Crippen LogP contribution in [0.1, 0.15) is 48.1 Å². The van der Waals surface area contributed by atoms with Crippen molar-refractivity contribution in [2.45, 2.75) is 50.9 Å². The lowest BCUT2D eigenvalue weighted by Gasteiger charge is -2.32. The van der Waals surface area contributed by atoms with Crippen molar-refractivity contribution < 1.29 is 14.2 Å². The number of rotatable bonds is 7. The van der Waals surface area contributed by atoms with Crippen molar-refractivity contribution in [1.82, 2.24) is 0 Å². The average Bonchev–Trinajstić information content (AvgIpc) is 2.79. The van der Waals surface area contributed by atoms with Crippen LogP contribution in [0.15, 0.2) is 46.8 Å². The molecule has 0 amide bonds. The maximum atomic E-state index is 11.2. The first-order valence-electron chi connectivity index (χ1n) is 10.5. The molecule has 4 rings (SSSR count). The van der Waals surface area contributed by atoms with E-state index in [2.05, 4.69) is 41.5 Å². The quantitative estimate of drug-likeness (QED) is 0.616. The number of fused-ring (bicyclic) bond motifs is 1. The number of ether oxygens (including phenoxy) is 3. The smallest absolute Gasteiger partial charge is 0.161 e. The second-order valence-corrected chi connectivity index (χ2v) is 7.83. The fourth-order valence-electron chi connectivity index (χ4n) is 4.26. The Bertz CT molecular complexity index is 916. The zero-order valence-electron chi connectivity index (χ0n) is 17.1. The first-order chi connectivity index (χ1) is 14.7. The summed E-state index contributed by atoms with van der Waals surface area (Å²) in [6, 6.07) is 12.0. The number of benzene rings is 2. The highest BCUT2D eigenvalue weighted by Gasteiger charge is 2.31. The van der Waals surface area contributed by atoms with Crippen LogP contribution in [0.2, 0.25) is 0 Å². The second kappa shape index (κ2) is 9.34. The third-order valence-corrected chi connectivity index (χ3v) is 5.79. The number of nitrogens with zero attached hydrogens (tertiary/aromatic N) is 2. The summed E-state index contributed by atoms with van der Waals surface area (Å²) in [7, 11) is 0. The summed E-state index contributed by atoms with van der Waals surface area (Å²) in [4.78, 5) is 21.9. The molecule has 0 radical (unpaired) electrons. The van der Waals surface area contributed by atoms with Gasteiger partial charge in [-0.3, -0.25) is 0 Å². The van der Waals surface area contributed by atoms with Gasteiger partial charge < -0.3 is 14.2 Å². The van der Waals surface area contributed by atoms with Crippen molar-refractivity contribution in [2.75, 3.05) is 19.8 Å². The van der Waals surface area contributed by atoms with Gasteiger partial charge in [-0.25, -0.2) is 0 Å². The zero-order chi connectivity index (χ0) is 20.9. The topological polar surface area (TPSA) is 86.6 Å². The van der Waals surface area contributed by atoms with Gasteiger partial charge in [-0.05, 0) is 47.2 Å². The van der Waals surface area contributed by atoms with E-state index < -0.39 is 0 Å². The molecule has 158 valence electrons. The van der Waals surface area contributed by atoms with E-state index in [1.165, 1.54) is 11.1 Å². The molecule has 1 saturated heterocycles. The summed E-state index contributed by atoms with van der Waals surface area (Å²) in [6.07, 6.45) is 2.02. The summed E-state index contributed by atoms with van der Waals surface area (Å²) in [5.41, 5.74) is 4.62. The van der Waals surface area contributed by atoms with Gasteiger partial charge in [-0.15, -0.1) is 0 Å². The molecule has 0 N–H and O–H groups in total. The van der Waals surface area contributed by atoms with Crippen molar-refractivity contribution in [2.24, 2.45) is 10.4 Å². The first kappa shape index (κ1) is 20.5. The summed E-state index contributed by atoms with van der Waals surface area (Å²) >= 11 is 0. The number of aryl methyl sites for hydroxylation is 1. The molecule has 2 aromatic carbocycles. The molecule has 3 atom stereocenters. The standard InChI is InChI=1S/C23H26N2O5/c1-2-16-4-5-17(22-13-19(25-27)12-20(30-22)14-24-26)11-18(16)9-15-3-6-21-23(10-15)29-8-7-28-21/h3-6,10-11,19-20,22H,2,7-9,12-14H2,1H3/t19-,20-,22+/m0/s1. The molecule has 0 aromatic heterocycles. The van der Waals surface area contributed by atoms with E-state index in [-0.39, 0.29) is 24.8 Å². The Balaban J connectivity index is 1.58. The van der Waals surface area contributed by atoms with Gasteiger partial charge in [-0.1, -0.05) is 41.5 Å². The predicted molar refractivity (Wildman–Crippen MR) is 113 cm³/mol. The fourth-order valence-corrected chi connectivity index (χ4v) is 4.26. The molecular formula is C23H26N2O5. The predicted octanol–water partition coefficient (Wildman–Crippen LogP) is 4.73. The SMILES string of the molecule is CCc1ccc([C@H]2C[C@@H](N=O)C[C@@H](CN=O)O2)cc1Cc1ccc2c(c1)OCCO2. The molecule has 1 fully saturated rings. The molecule has 0 saturated carbocycles. The van der Waals surface area contributed by atoms with Gasteiger partial charge in [0, 0.05) is 12.8 Å². The lowest BCUT2D eigenvalue weighted by Crippen LogP contribution is -2.32. The fraction of sp³-hybridized carbons (Fsp3) is 0.478. The van der Waals surface area contributed by atoms with Crippen molar-refractivity contribution in [3.05, 3.63) is 68.5 Å². The molecule has 2 heterocycles. The Kier molecular flexibility index (Phi) is 6.38. The molecule has 0 bridgehead atoms. The summed E-state index contributed by atoms with van der Waals surface area (Å²) in [5, 5.41) is 6.17. The highest BCUT2D eigenvalue weighted by Crippen LogP contribution is 2.35. The van der Waals surface area contributed by atoms with Crippen LogP contribution in [0.5, 0.6) is 11.5 Å². The molecule has 2 aliphatic rings. The maximum Gasteiger partial charge on any atom is 0.161 e. The van der Waals surface area contributed by atoms with Crippen LogP contribution in [0, 0.1) is 9.81 Å². The summed E-state index contributed by atoms with van der Waals surface area (Å²) in [5.74, 6) is 1.57. The molecular weight excluding hydrogens is 384 g/mol. The molecule has 7 heteroatoms. The van der Waals surface area contributed by atoms with Crippen LogP contribution in [-0.2, 0) is 17.6 Å². The maximum absolute atomic E-state index is 11.2. The molecule has 30 heavy (non-hydrogen) atoms. The van der Waals surface area contributed by atoms with Crippen LogP contribution in [0.25, 0.3) is 0 Å². The van der Waals surface area contributed by atoms with Gasteiger partial charge >= 0.3 is 0 Å². The number of nitroso groups, excluding NO2 is 2. The number of hydrogen-bond donors (Lipinski definition) is 0. The lowest BCUT2D eigenvalue weighted by atomic mass is 9.90. The van der Waals surface area contributed by atoms with Gasteiger partial charge in [0.25, 0.3) is 0 Å². The molecule has 2 aliphatic heterocycles. The van der Waals surface area contributed by atoms with Gasteiger partial charge in [0.1, 0.15) is 19.8 Å². The molecule has 7 nitrogen and oxygen atoms in total. The van der Waals surface area contributed by atoms with Crippen molar-refractivity contribution in [3.8, 4) is 11.5 Å². The van der Waals surface area contributed by atoms with E-state index >= 15 is 0 Å². The molecule has 0 unspecified atom stereocenters. The van der Waals surface area contributed by atoms with Crippen LogP contribution >= 0.6 is 0 Å². The van der Waals surface area contributed by atoms with Gasteiger partial charge in [0.05, 0.1) is 18.2 Å². The Morgan fingerprint density at radius 2 is 1.80 bits per heavy atom.